The zero-order valence-electron chi connectivity index (χ0n) is 18.8. The third-order valence-electron chi connectivity index (χ3n) is 6.40. The average molecular weight is 470 g/mol. The zero-order valence-corrected chi connectivity index (χ0v) is 19.6. The van der Waals surface area contributed by atoms with Crippen LogP contribution in [0, 0.1) is 11.8 Å². The van der Waals surface area contributed by atoms with Crippen molar-refractivity contribution in [3.05, 3.63) is 41.6 Å². The summed E-state index contributed by atoms with van der Waals surface area (Å²) in [5.41, 5.74) is 1.06. The molecule has 0 amide bonds. The zero-order chi connectivity index (χ0) is 22.8. The van der Waals surface area contributed by atoms with Gasteiger partial charge in [0, 0.05) is 36.8 Å². The van der Waals surface area contributed by atoms with Gasteiger partial charge in [-0.3, -0.25) is 0 Å². The van der Waals surface area contributed by atoms with Crippen LogP contribution >= 0.6 is 11.6 Å². The molecule has 2 aliphatic rings. The highest BCUT2D eigenvalue weighted by molar-refractivity contribution is 6.30. The molecule has 1 saturated heterocycles. The summed E-state index contributed by atoms with van der Waals surface area (Å²) in [6.45, 7) is 4.73. The molecule has 1 aliphatic heterocycles. The number of fused-ring (bicyclic) bond motifs is 2. The SMILES string of the molecule is CCCn1nc(N[C@H]2[C@@H]3CC[C@H]2CN(c2cnnc(OC)c2)C3)nc1Oc1cccc(Cl)c1. The third-order valence-corrected chi connectivity index (χ3v) is 6.63. The maximum atomic E-state index is 6.10. The molecule has 1 aromatic carbocycles. The largest absolute Gasteiger partial charge is 0.480 e. The van der Waals surface area contributed by atoms with Gasteiger partial charge in [-0.25, -0.2) is 4.68 Å². The Labute approximate surface area is 198 Å². The minimum atomic E-state index is 0.328. The first-order valence-electron chi connectivity index (χ1n) is 11.4. The minimum Gasteiger partial charge on any atom is -0.480 e. The van der Waals surface area contributed by atoms with E-state index in [0.29, 0.717) is 46.5 Å². The van der Waals surface area contributed by atoms with E-state index in [2.05, 4.69) is 32.3 Å². The number of halogens is 1. The van der Waals surface area contributed by atoms with Crippen molar-refractivity contribution in [2.24, 2.45) is 11.8 Å². The Morgan fingerprint density at radius 1 is 1.18 bits per heavy atom. The summed E-state index contributed by atoms with van der Waals surface area (Å²) < 4.78 is 13.1. The minimum absolute atomic E-state index is 0.328. The number of piperidine rings is 1. The molecule has 0 spiro atoms. The molecule has 0 unspecified atom stereocenters. The Balaban J connectivity index is 1.30. The molecule has 3 atom stereocenters. The highest BCUT2D eigenvalue weighted by atomic mass is 35.5. The predicted octanol–water partition coefficient (Wildman–Crippen LogP) is 4.26. The number of nitrogens with zero attached hydrogens (tertiary/aromatic N) is 6. The second-order valence-corrected chi connectivity index (χ2v) is 9.07. The molecular weight excluding hydrogens is 442 g/mol. The number of anilines is 2. The van der Waals surface area contributed by atoms with E-state index in [1.54, 1.807) is 13.2 Å². The Morgan fingerprint density at radius 2 is 2.00 bits per heavy atom. The summed E-state index contributed by atoms with van der Waals surface area (Å²) in [7, 11) is 1.61. The normalized spacial score (nSPS) is 21.8. The van der Waals surface area contributed by atoms with Crippen molar-refractivity contribution in [1.82, 2.24) is 25.0 Å². The maximum Gasteiger partial charge on any atom is 0.322 e. The van der Waals surface area contributed by atoms with Crippen LogP contribution in [0.2, 0.25) is 5.02 Å². The summed E-state index contributed by atoms with van der Waals surface area (Å²) in [6.07, 6.45) is 5.09. The lowest BCUT2D eigenvalue weighted by molar-refractivity contribution is 0.372. The monoisotopic (exact) mass is 469 g/mol. The fourth-order valence-corrected chi connectivity index (χ4v) is 5.07. The van der Waals surface area contributed by atoms with Crippen molar-refractivity contribution in [2.75, 3.05) is 30.4 Å². The lowest BCUT2D eigenvalue weighted by Gasteiger charge is -2.39. The number of aromatic nitrogens is 5. The van der Waals surface area contributed by atoms with E-state index in [0.717, 1.165) is 31.7 Å². The lowest BCUT2D eigenvalue weighted by Crippen LogP contribution is -2.48. The molecule has 33 heavy (non-hydrogen) atoms. The van der Waals surface area contributed by atoms with Crippen molar-refractivity contribution in [1.29, 1.82) is 0 Å². The number of nitrogens with one attached hydrogen (secondary N) is 1. The average Bonchev–Trinajstić information content (AvgIpc) is 3.28. The van der Waals surface area contributed by atoms with Gasteiger partial charge in [0.1, 0.15) is 5.75 Å². The molecule has 5 rings (SSSR count). The van der Waals surface area contributed by atoms with Gasteiger partial charge in [0.25, 0.3) is 0 Å². The summed E-state index contributed by atoms with van der Waals surface area (Å²) in [5, 5.41) is 17.0. The van der Waals surface area contributed by atoms with Crippen molar-refractivity contribution < 1.29 is 9.47 Å². The molecule has 2 bridgehead atoms. The Kier molecular flexibility index (Phi) is 6.22. The fraction of sp³-hybridized carbons (Fsp3) is 0.478. The quantitative estimate of drug-likeness (QED) is 0.523. The Bertz CT molecular complexity index is 1090. The van der Waals surface area contributed by atoms with Gasteiger partial charge < -0.3 is 19.7 Å². The van der Waals surface area contributed by atoms with E-state index >= 15 is 0 Å². The van der Waals surface area contributed by atoms with E-state index in [1.807, 2.05) is 35.1 Å². The first-order valence-corrected chi connectivity index (χ1v) is 11.8. The van der Waals surface area contributed by atoms with Gasteiger partial charge in [-0.05, 0) is 49.3 Å². The van der Waals surface area contributed by atoms with Crippen LogP contribution in [0.5, 0.6) is 17.6 Å². The molecule has 1 N–H and O–H groups in total. The fourth-order valence-electron chi connectivity index (χ4n) is 4.89. The van der Waals surface area contributed by atoms with Gasteiger partial charge in [-0.2, -0.15) is 10.1 Å². The number of ether oxygens (including phenoxy) is 2. The molecule has 10 heteroatoms. The van der Waals surface area contributed by atoms with Crippen LogP contribution in [-0.2, 0) is 6.54 Å². The lowest BCUT2D eigenvalue weighted by atomic mass is 9.92. The van der Waals surface area contributed by atoms with Gasteiger partial charge in [0.15, 0.2) is 0 Å². The van der Waals surface area contributed by atoms with E-state index < -0.39 is 0 Å². The number of hydrogen-bond acceptors (Lipinski definition) is 8. The Morgan fingerprint density at radius 3 is 2.73 bits per heavy atom. The van der Waals surface area contributed by atoms with Crippen LogP contribution in [0.4, 0.5) is 11.6 Å². The third kappa shape index (κ3) is 4.68. The van der Waals surface area contributed by atoms with E-state index in [-0.39, 0.29) is 0 Å². The topological polar surface area (TPSA) is 90.2 Å². The van der Waals surface area contributed by atoms with Gasteiger partial charge in [0.05, 0.1) is 19.0 Å². The second kappa shape index (κ2) is 9.43. The van der Waals surface area contributed by atoms with Crippen LogP contribution in [0.3, 0.4) is 0 Å². The van der Waals surface area contributed by atoms with Crippen LogP contribution in [0.1, 0.15) is 26.2 Å². The van der Waals surface area contributed by atoms with Crippen molar-refractivity contribution in [3.63, 3.8) is 0 Å². The Hall–Kier alpha value is -3.07. The number of hydrogen-bond donors (Lipinski definition) is 1. The number of rotatable bonds is 8. The second-order valence-electron chi connectivity index (χ2n) is 8.63. The molecule has 174 valence electrons. The molecular formula is C23H28ClN7O2. The van der Waals surface area contributed by atoms with Crippen molar-refractivity contribution in [2.45, 2.75) is 38.8 Å². The molecule has 2 aromatic heterocycles. The number of benzene rings is 1. The molecule has 3 heterocycles. The van der Waals surface area contributed by atoms with Crippen LogP contribution in [0.25, 0.3) is 0 Å². The van der Waals surface area contributed by atoms with Gasteiger partial charge in [0.2, 0.25) is 11.8 Å². The molecule has 1 aliphatic carbocycles. The molecule has 3 aromatic rings. The standard InChI is InChI=1S/C23H28ClN7O2/c1-3-9-31-23(33-19-6-4-5-17(24)10-19)27-22(29-31)26-21-15-7-8-16(21)14-30(13-15)18-11-20(32-2)28-25-12-18/h4-6,10-12,15-16,21H,3,7-9,13-14H2,1-2H3,(H,26,29)/t15-,16+,21+. The highest BCUT2D eigenvalue weighted by Gasteiger charge is 2.42. The van der Waals surface area contributed by atoms with Gasteiger partial charge in [-0.15, -0.1) is 10.2 Å². The molecule has 0 radical (unpaired) electrons. The summed E-state index contributed by atoms with van der Waals surface area (Å²) in [4.78, 5) is 7.05. The van der Waals surface area contributed by atoms with E-state index in [1.165, 1.54) is 12.8 Å². The highest BCUT2D eigenvalue weighted by Crippen LogP contribution is 2.40. The van der Waals surface area contributed by atoms with Crippen molar-refractivity contribution in [3.8, 4) is 17.6 Å². The van der Waals surface area contributed by atoms with Crippen LogP contribution in [-0.4, -0.2) is 51.2 Å². The van der Waals surface area contributed by atoms with Gasteiger partial charge in [-0.1, -0.05) is 24.6 Å². The molecule has 2 fully saturated rings. The van der Waals surface area contributed by atoms with E-state index in [4.69, 9.17) is 26.2 Å². The van der Waals surface area contributed by atoms with Crippen LogP contribution in [0.15, 0.2) is 36.5 Å². The van der Waals surface area contributed by atoms with Gasteiger partial charge >= 0.3 is 6.01 Å². The van der Waals surface area contributed by atoms with E-state index in [9.17, 15) is 0 Å². The maximum absolute atomic E-state index is 6.10. The predicted molar refractivity (Wildman–Crippen MR) is 126 cm³/mol. The summed E-state index contributed by atoms with van der Waals surface area (Å²) in [6, 6.07) is 10.1. The summed E-state index contributed by atoms with van der Waals surface area (Å²) in [5.74, 6) is 2.80. The molecule has 9 nitrogen and oxygen atoms in total. The smallest absolute Gasteiger partial charge is 0.322 e. The number of methoxy groups -OCH3 is 1. The van der Waals surface area contributed by atoms with Crippen LogP contribution < -0.4 is 19.7 Å². The first-order chi connectivity index (χ1) is 16.1. The van der Waals surface area contributed by atoms with Crippen molar-refractivity contribution >= 4 is 23.2 Å². The molecule has 1 saturated carbocycles. The first kappa shape index (κ1) is 21.8. The number of aryl methyl sites for hydroxylation is 1. The summed E-state index contributed by atoms with van der Waals surface area (Å²) >= 11 is 6.10.